The first-order chi connectivity index (χ1) is 28.0. The number of benzene rings is 8. The minimum absolute atomic E-state index is 0.0114. The van der Waals surface area contributed by atoms with Crippen molar-refractivity contribution in [2.75, 3.05) is 9.80 Å². The summed E-state index contributed by atoms with van der Waals surface area (Å²) >= 11 is 0. The predicted molar refractivity (Wildman–Crippen MR) is 241 cm³/mol. The van der Waals surface area contributed by atoms with Crippen LogP contribution in [0.3, 0.4) is 0 Å². The van der Waals surface area contributed by atoms with Crippen molar-refractivity contribution in [1.29, 1.82) is 0 Å². The molecule has 0 aromatic heterocycles. The molecule has 274 valence electrons. The summed E-state index contributed by atoms with van der Waals surface area (Å²) in [5.74, 6) is 0.434. The number of para-hydroxylation sites is 3. The molecular formula is C55H44N2. The molecule has 57 heavy (non-hydrogen) atoms. The standard InChI is InChI=1S/C55H44N2/c1-55(2)52-27-13-12-24-50(52)51-37-36-47(38-53(51)55)57(44-22-10-5-11-23-44)46-34-30-40(31-35-46)49-26-15-17-41-16-14-25-48(54(41)49)39-28-32-45(33-29-39)56(42-18-6-3-7-19-42)43-20-8-4-9-21-43/h3-36,38,51H,37H2,1-2H3. The molecule has 0 amide bonds. The molecular weight excluding hydrogens is 689 g/mol. The summed E-state index contributed by atoms with van der Waals surface area (Å²) < 4.78 is 0. The lowest BCUT2D eigenvalue weighted by atomic mass is 9.78. The van der Waals surface area contributed by atoms with E-state index in [2.05, 4.69) is 236 Å². The highest BCUT2D eigenvalue weighted by Crippen LogP contribution is 2.54. The highest BCUT2D eigenvalue weighted by atomic mass is 15.1. The molecule has 1 atom stereocenters. The Morgan fingerprint density at radius 2 is 0.895 bits per heavy atom. The monoisotopic (exact) mass is 732 g/mol. The van der Waals surface area contributed by atoms with Crippen LogP contribution in [0.2, 0.25) is 0 Å². The van der Waals surface area contributed by atoms with Gasteiger partial charge in [0.15, 0.2) is 0 Å². The second kappa shape index (κ2) is 14.3. The Bertz CT molecular complexity index is 2720. The van der Waals surface area contributed by atoms with Crippen molar-refractivity contribution < 1.29 is 0 Å². The summed E-state index contributed by atoms with van der Waals surface area (Å²) in [6.07, 6.45) is 5.91. The molecule has 0 heterocycles. The first kappa shape index (κ1) is 34.6. The van der Waals surface area contributed by atoms with Crippen LogP contribution in [-0.2, 0) is 5.41 Å². The Balaban J connectivity index is 1.01. The minimum Gasteiger partial charge on any atom is -0.311 e. The van der Waals surface area contributed by atoms with Crippen molar-refractivity contribution in [3.63, 3.8) is 0 Å². The smallest absolute Gasteiger partial charge is 0.0462 e. The lowest BCUT2D eigenvalue weighted by Crippen LogP contribution is -2.22. The van der Waals surface area contributed by atoms with Gasteiger partial charge in [-0.3, -0.25) is 0 Å². The number of hydrogen-bond acceptors (Lipinski definition) is 2. The number of allylic oxidation sites excluding steroid dienone is 3. The number of hydrogen-bond donors (Lipinski definition) is 0. The molecule has 0 saturated heterocycles. The van der Waals surface area contributed by atoms with E-state index in [4.69, 9.17) is 0 Å². The zero-order chi connectivity index (χ0) is 38.3. The third-order valence-electron chi connectivity index (χ3n) is 12.1. The summed E-state index contributed by atoms with van der Waals surface area (Å²) in [5, 5.41) is 2.49. The van der Waals surface area contributed by atoms with E-state index in [1.165, 1.54) is 55.4 Å². The van der Waals surface area contributed by atoms with Crippen LogP contribution in [0.25, 0.3) is 33.0 Å². The molecule has 0 N–H and O–H groups in total. The average Bonchev–Trinajstić information content (AvgIpc) is 3.50. The summed E-state index contributed by atoms with van der Waals surface area (Å²) in [6, 6.07) is 72.5. The van der Waals surface area contributed by atoms with E-state index in [1.54, 1.807) is 0 Å². The van der Waals surface area contributed by atoms with Gasteiger partial charge >= 0.3 is 0 Å². The van der Waals surface area contributed by atoms with E-state index in [0.717, 1.165) is 34.9 Å². The van der Waals surface area contributed by atoms with E-state index in [1.807, 2.05) is 0 Å². The van der Waals surface area contributed by atoms with Gasteiger partial charge in [-0.15, -0.1) is 0 Å². The minimum atomic E-state index is -0.0114. The maximum atomic E-state index is 2.47. The fourth-order valence-electron chi connectivity index (χ4n) is 9.30. The van der Waals surface area contributed by atoms with Gasteiger partial charge in [0, 0.05) is 45.5 Å². The van der Waals surface area contributed by atoms with Gasteiger partial charge in [0.1, 0.15) is 0 Å². The normalized spacial score (nSPS) is 15.3. The van der Waals surface area contributed by atoms with Gasteiger partial charge in [0.05, 0.1) is 0 Å². The molecule has 0 radical (unpaired) electrons. The van der Waals surface area contributed by atoms with Gasteiger partial charge < -0.3 is 9.80 Å². The third kappa shape index (κ3) is 6.15. The maximum Gasteiger partial charge on any atom is 0.0462 e. The van der Waals surface area contributed by atoms with Crippen LogP contribution < -0.4 is 9.80 Å². The SMILES string of the molecule is CC1(C)C2=CC(N(c3ccccc3)c3ccc(-c4cccc5cccc(-c6ccc(N(c7ccccc7)c7ccccc7)cc6)c45)cc3)=CCC2c2ccccc21. The first-order valence-corrected chi connectivity index (χ1v) is 20.0. The topological polar surface area (TPSA) is 6.48 Å². The molecule has 0 fully saturated rings. The van der Waals surface area contributed by atoms with Crippen LogP contribution in [-0.4, -0.2) is 0 Å². The summed E-state index contributed by atoms with van der Waals surface area (Å²) in [5.41, 5.74) is 16.2. The van der Waals surface area contributed by atoms with Crippen molar-refractivity contribution in [2.24, 2.45) is 0 Å². The average molecular weight is 733 g/mol. The van der Waals surface area contributed by atoms with Crippen molar-refractivity contribution in [3.05, 3.63) is 235 Å². The highest BCUT2D eigenvalue weighted by molar-refractivity contribution is 6.06. The van der Waals surface area contributed by atoms with Crippen molar-refractivity contribution in [1.82, 2.24) is 0 Å². The molecule has 1 unspecified atom stereocenters. The van der Waals surface area contributed by atoms with E-state index in [0.29, 0.717) is 5.92 Å². The number of nitrogens with zero attached hydrogens (tertiary/aromatic N) is 2. The predicted octanol–water partition coefficient (Wildman–Crippen LogP) is 15.1. The van der Waals surface area contributed by atoms with Gasteiger partial charge in [-0.25, -0.2) is 0 Å². The van der Waals surface area contributed by atoms with Crippen LogP contribution in [0.5, 0.6) is 0 Å². The molecule has 0 aliphatic heterocycles. The Morgan fingerprint density at radius 1 is 0.439 bits per heavy atom. The van der Waals surface area contributed by atoms with Crippen molar-refractivity contribution in [2.45, 2.75) is 31.6 Å². The number of fused-ring (bicyclic) bond motifs is 4. The van der Waals surface area contributed by atoms with Crippen molar-refractivity contribution >= 4 is 39.2 Å². The molecule has 0 saturated carbocycles. The van der Waals surface area contributed by atoms with E-state index < -0.39 is 0 Å². The molecule has 0 bridgehead atoms. The number of anilines is 5. The van der Waals surface area contributed by atoms with E-state index in [9.17, 15) is 0 Å². The van der Waals surface area contributed by atoms with Crippen molar-refractivity contribution in [3.8, 4) is 22.3 Å². The lowest BCUT2D eigenvalue weighted by molar-refractivity contribution is 0.609. The lowest BCUT2D eigenvalue weighted by Gasteiger charge is -2.33. The zero-order valence-electron chi connectivity index (χ0n) is 32.4. The maximum absolute atomic E-state index is 2.47. The Morgan fingerprint density at radius 3 is 1.44 bits per heavy atom. The van der Waals surface area contributed by atoms with Gasteiger partial charge in [0.25, 0.3) is 0 Å². The van der Waals surface area contributed by atoms with Gasteiger partial charge in [-0.05, 0) is 117 Å². The molecule has 2 aliphatic carbocycles. The summed E-state index contributed by atoms with van der Waals surface area (Å²) in [7, 11) is 0. The van der Waals surface area contributed by atoms with Crippen LogP contribution in [0.15, 0.2) is 224 Å². The fourth-order valence-corrected chi connectivity index (χ4v) is 9.30. The Kier molecular flexibility index (Phi) is 8.68. The number of rotatable bonds is 8. The fraction of sp³-hybridized carbons (Fsp3) is 0.0909. The van der Waals surface area contributed by atoms with E-state index in [-0.39, 0.29) is 5.41 Å². The Hall–Kier alpha value is -6.90. The molecule has 2 aliphatic rings. The second-order valence-corrected chi connectivity index (χ2v) is 15.7. The summed E-state index contributed by atoms with van der Waals surface area (Å²) in [6.45, 7) is 4.78. The second-order valence-electron chi connectivity index (χ2n) is 15.7. The molecule has 2 heteroatoms. The van der Waals surface area contributed by atoms with Gasteiger partial charge in [0.2, 0.25) is 0 Å². The molecule has 8 aromatic carbocycles. The van der Waals surface area contributed by atoms with Crippen LogP contribution in [0.4, 0.5) is 28.4 Å². The van der Waals surface area contributed by atoms with Gasteiger partial charge in [-0.2, -0.15) is 0 Å². The van der Waals surface area contributed by atoms with Crippen LogP contribution >= 0.6 is 0 Å². The Labute approximate surface area is 336 Å². The highest BCUT2D eigenvalue weighted by Gasteiger charge is 2.42. The molecule has 10 rings (SSSR count). The quantitative estimate of drug-likeness (QED) is 0.153. The zero-order valence-corrected chi connectivity index (χ0v) is 32.4. The largest absolute Gasteiger partial charge is 0.311 e. The molecule has 0 spiro atoms. The molecule has 2 nitrogen and oxygen atoms in total. The summed E-state index contributed by atoms with van der Waals surface area (Å²) in [4.78, 5) is 4.74. The van der Waals surface area contributed by atoms with Crippen LogP contribution in [0, 0.1) is 0 Å². The van der Waals surface area contributed by atoms with Gasteiger partial charge in [-0.1, -0.05) is 165 Å². The molecule has 8 aromatic rings. The van der Waals surface area contributed by atoms with E-state index >= 15 is 0 Å². The first-order valence-electron chi connectivity index (χ1n) is 20.0. The van der Waals surface area contributed by atoms with Crippen LogP contribution in [0.1, 0.15) is 37.3 Å². The third-order valence-corrected chi connectivity index (χ3v) is 12.1.